The second kappa shape index (κ2) is 9.88. The normalized spacial score (nSPS) is 20.3. The zero-order valence-electron chi connectivity index (χ0n) is 14.9. The topological polar surface area (TPSA) is 59.6 Å². The number of hydrogen-bond acceptors (Lipinski definition) is 4. The van der Waals surface area contributed by atoms with Gasteiger partial charge in [0.15, 0.2) is 11.5 Å². The summed E-state index contributed by atoms with van der Waals surface area (Å²) in [6.07, 6.45) is 3.88. The lowest BCUT2D eigenvalue weighted by atomic mass is 9.85. The van der Waals surface area contributed by atoms with E-state index in [9.17, 15) is 4.79 Å². The van der Waals surface area contributed by atoms with Crippen LogP contribution in [0.4, 0.5) is 0 Å². The van der Waals surface area contributed by atoms with Crippen LogP contribution in [0.2, 0.25) is 0 Å². The van der Waals surface area contributed by atoms with Gasteiger partial charge in [-0.3, -0.25) is 4.79 Å². The summed E-state index contributed by atoms with van der Waals surface area (Å²) in [6.45, 7) is 6.22. The molecule has 0 bridgehead atoms. The van der Waals surface area contributed by atoms with Gasteiger partial charge < -0.3 is 20.1 Å². The third-order valence-corrected chi connectivity index (χ3v) is 4.99. The monoisotopic (exact) mass is 368 g/mol. The molecule has 1 fully saturated rings. The Balaban J connectivity index is 0.00000225. The largest absolute Gasteiger partial charge is 0.486 e. The maximum atomic E-state index is 12.1. The molecule has 6 heteroatoms. The lowest BCUT2D eigenvalue weighted by molar-refractivity contribution is -0.122. The van der Waals surface area contributed by atoms with Crippen molar-refractivity contribution < 1.29 is 14.3 Å². The summed E-state index contributed by atoms with van der Waals surface area (Å²) >= 11 is 0. The molecule has 0 spiro atoms. The van der Waals surface area contributed by atoms with Crippen LogP contribution >= 0.6 is 12.4 Å². The molecule has 2 aliphatic rings. The van der Waals surface area contributed by atoms with Crippen molar-refractivity contribution in [1.82, 2.24) is 10.6 Å². The summed E-state index contributed by atoms with van der Waals surface area (Å²) in [5.74, 6) is 2.84. The zero-order chi connectivity index (χ0) is 16.8. The number of piperidine rings is 1. The molecule has 2 aliphatic heterocycles. The van der Waals surface area contributed by atoms with E-state index in [0.29, 0.717) is 38.0 Å². The summed E-state index contributed by atoms with van der Waals surface area (Å²) < 4.78 is 11.1. The molecule has 0 radical (unpaired) electrons. The number of halogens is 1. The number of rotatable bonds is 6. The van der Waals surface area contributed by atoms with Gasteiger partial charge in [0.05, 0.1) is 0 Å². The molecule has 25 heavy (non-hydrogen) atoms. The molecule has 2 N–H and O–H groups in total. The number of amides is 1. The van der Waals surface area contributed by atoms with Gasteiger partial charge in [0.1, 0.15) is 13.2 Å². The minimum atomic E-state index is 0. The molecule has 1 saturated heterocycles. The van der Waals surface area contributed by atoms with Crippen LogP contribution in [-0.4, -0.2) is 38.8 Å². The van der Waals surface area contributed by atoms with E-state index in [4.69, 9.17) is 9.47 Å². The van der Waals surface area contributed by atoms with Crippen LogP contribution in [0.15, 0.2) is 18.2 Å². The molecule has 2 unspecified atom stereocenters. The highest BCUT2D eigenvalue weighted by atomic mass is 35.5. The smallest absolute Gasteiger partial charge is 0.220 e. The Morgan fingerprint density at radius 2 is 2.12 bits per heavy atom. The highest BCUT2D eigenvalue weighted by Crippen LogP contribution is 2.30. The van der Waals surface area contributed by atoms with Crippen LogP contribution < -0.4 is 20.1 Å². The molecule has 2 atom stereocenters. The van der Waals surface area contributed by atoms with Gasteiger partial charge in [-0.05, 0) is 61.9 Å². The van der Waals surface area contributed by atoms with Crippen LogP contribution in [0.3, 0.4) is 0 Å². The number of carbonyl (C=O) groups is 1. The van der Waals surface area contributed by atoms with Crippen LogP contribution in [0.5, 0.6) is 11.5 Å². The maximum absolute atomic E-state index is 12.1. The third kappa shape index (κ3) is 5.79. The van der Waals surface area contributed by atoms with Gasteiger partial charge in [-0.25, -0.2) is 0 Å². The third-order valence-electron chi connectivity index (χ3n) is 4.99. The fraction of sp³-hybridized carbons (Fsp3) is 0.632. The van der Waals surface area contributed by atoms with E-state index in [1.165, 1.54) is 12.8 Å². The first kappa shape index (κ1) is 19.9. The Morgan fingerprint density at radius 3 is 2.88 bits per heavy atom. The van der Waals surface area contributed by atoms with Gasteiger partial charge in [0.25, 0.3) is 0 Å². The number of fused-ring (bicyclic) bond motifs is 1. The maximum Gasteiger partial charge on any atom is 0.220 e. The molecule has 0 aliphatic carbocycles. The first-order chi connectivity index (χ1) is 11.7. The standard InChI is InChI=1S/C19H28N2O3.ClH/c1-14(16-3-2-7-20-13-16)11-19(22)21-8-6-15-4-5-17-18(12-15)24-10-9-23-17;/h4-5,12,14,16,20H,2-3,6-11,13H2,1H3,(H,21,22);1H. The summed E-state index contributed by atoms with van der Waals surface area (Å²) in [7, 11) is 0. The van der Waals surface area contributed by atoms with Crippen LogP contribution in [-0.2, 0) is 11.2 Å². The summed E-state index contributed by atoms with van der Waals surface area (Å²) in [4.78, 5) is 12.1. The number of nitrogens with one attached hydrogen (secondary N) is 2. The second-order valence-electron chi connectivity index (χ2n) is 6.87. The zero-order valence-corrected chi connectivity index (χ0v) is 15.7. The van der Waals surface area contributed by atoms with Crippen molar-refractivity contribution in [3.8, 4) is 11.5 Å². The Morgan fingerprint density at radius 1 is 1.32 bits per heavy atom. The van der Waals surface area contributed by atoms with Crippen molar-refractivity contribution in [2.24, 2.45) is 11.8 Å². The molecule has 0 aromatic heterocycles. The molecule has 140 valence electrons. The minimum absolute atomic E-state index is 0. The van der Waals surface area contributed by atoms with Crippen molar-refractivity contribution >= 4 is 18.3 Å². The van der Waals surface area contributed by atoms with Gasteiger partial charge in [-0.2, -0.15) is 0 Å². The van der Waals surface area contributed by atoms with Gasteiger partial charge in [0.2, 0.25) is 5.91 Å². The number of carbonyl (C=O) groups excluding carboxylic acids is 1. The van der Waals surface area contributed by atoms with Crippen molar-refractivity contribution in [1.29, 1.82) is 0 Å². The van der Waals surface area contributed by atoms with E-state index >= 15 is 0 Å². The highest BCUT2D eigenvalue weighted by Gasteiger charge is 2.21. The second-order valence-corrected chi connectivity index (χ2v) is 6.87. The highest BCUT2D eigenvalue weighted by molar-refractivity contribution is 5.85. The summed E-state index contributed by atoms with van der Waals surface area (Å²) in [6, 6.07) is 6.00. The van der Waals surface area contributed by atoms with E-state index in [1.54, 1.807) is 0 Å². The lowest BCUT2D eigenvalue weighted by Gasteiger charge is -2.28. The number of benzene rings is 1. The van der Waals surface area contributed by atoms with Gasteiger partial charge >= 0.3 is 0 Å². The Hall–Kier alpha value is -1.46. The summed E-state index contributed by atoms with van der Waals surface area (Å²) in [5.41, 5.74) is 1.16. The van der Waals surface area contributed by atoms with Crippen molar-refractivity contribution in [2.75, 3.05) is 32.8 Å². The molecular weight excluding hydrogens is 340 g/mol. The van der Waals surface area contributed by atoms with E-state index < -0.39 is 0 Å². The molecule has 1 amide bonds. The lowest BCUT2D eigenvalue weighted by Crippen LogP contribution is -2.36. The molecule has 0 saturated carbocycles. The van der Waals surface area contributed by atoms with E-state index in [-0.39, 0.29) is 18.3 Å². The predicted molar refractivity (Wildman–Crippen MR) is 101 cm³/mol. The van der Waals surface area contributed by atoms with Gasteiger partial charge in [0, 0.05) is 13.0 Å². The van der Waals surface area contributed by atoms with Crippen LogP contribution in [0.1, 0.15) is 31.7 Å². The first-order valence-electron chi connectivity index (χ1n) is 9.08. The first-order valence-corrected chi connectivity index (χ1v) is 9.08. The SMILES string of the molecule is CC(CC(=O)NCCc1ccc2c(c1)OCCO2)C1CCCNC1.Cl. The van der Waals surface area contributed by atoms with Crippen molar-refractivity contribution in [3.63, 3.8) is 0 Å². The molecule has 1 aromatic rings. The van der Waals surface area contributed by atoms with E-state index in [0.717, 1.165) is 36.6 Å². The molecule has 5 nitrogen and oxygen atoms in total. The fourth-order valence-electron chi connectivity index (χ4n) is 3.49. The van der Waals surface area contributed by atoms with Crippen molar-refractivity contribution in [2.45, 2.75) is 32.6 Å². The molecule has 3 rings (SSSR count). The Bertz CT molecular complexity index is 562. The Labute approximate surface area is 156 Å². The van der Waals surface area contributed by atoms with E-state index in [2.05, 4.69) is 17.6 Å². The predicted octanol–water partition coefficient (Wildman–Crippen LogP) is 2.56. The van der Waals surface area contributed by atoms with Gasteiger partial charge in [-0.1, -0.05) is 13.0 Å². The van der Waals surface area contributed by atoms with Gasteiger partial charge in [-0.15, -0.1) is 12.4 Å². The van der Waals surface area contributed by atoms with Crippen molar-refractivity contribution in [3.05, 3.63) is 23.8 Å². The van der Waals surface area contributed by atoms with Crippen LogP contribution in [0, 0.1) is 11.8 Å². The average Bonchev–Trinajstić information content (AvgIpc) is 2.62. The summed E-state index contributed by atoms with van der Waals surface area (Å²) in [5, 5.41) is 6.47. The number of hydrogen-bond donors (Lipinski definition) is 2. The van der Waals surface area contributed by atoms with Crippen LogP contribution in [0.25, 0.3) is 0 Å². The fourth-order valence-corrected chi connectivity index (χ4v) is 3.49. The average molecular weight is 369 g/mol. The van der Waals surface area contributed by atoms with E-state index in [1.807, 2.05) is 18.2 Å². The molecule has 2 heterocycles. The quantitative estimate of drug-likeness (QED) is 0.810. The number of ether oxygens (including phenoxy) is 2. The molecule has 1 aromatic carbocycles. The minimum Gasteiger partial charge on any atom is -0.486 e. The molecular formula is C19H29ClN2O3. The Kier molecular flexibility index (Phi) is 7.85.